The Morgan fingerprint density at radius 3 is 2.39 bits per heavy atom. The quantitative estimate of drug-likeness (QED) is 0.868. The van der Waals surface area contributed by atoms with Crippen molar-refractivity contribution in [3.05, 3.63) is 51.8 Å². The molecule has 2 heterocycles. The van der Waals surface area contributed by atoms with Gasteiger partial charge in [-0.25, -0.2) is 9.80 Å². The summed E-state index contributed by atoms with van der Waals surface area (Å²) < 4.78 is 12.1. The number of ether oxygens (including phenoxy) is 1. The van der Waals surface area contributed by atoms with Crippen LogP contribution in [0.3, 0.4) is 0 Å². The highest BCUT2D eigenvalue weighted by atomic mass is 16.6. The van der Waals surface area contributed by atoms with Crippen LogP contribution in [0.5, 0.6) is 0 Å². The largest absolute Gasteiger partial charge is 0.442 e. The molecule has 0 aliphatic carbocycles. The van der Waals surface area contributed by atoms with Crippen molar-refractivity contribution < 1.29 is 14.1 Å². The van der Waals surface area contributed by atoms with E-state index in [1.807, 2.05) is 6.92 Å². The first kappa shape index (κ1) is 16.8. The SMILES string of the molecule is Cc1noc(C)c1CN(C(=O)OC(C)(C)C)n1ccc(=O)cc1. The normalized spacial score (nSPS) is 11.3. The van der Waals surface area contributed by atoms with E-state index < -0.39 is 11.7 Å². The second-order valence-corrected chi connectivity index (χ2v) is 6.25. The summed E-state index contributed by atoms with van der Waals surface area (Å²) in [5.41, 5.74) is 0.738. The van der Waals surface area contributed by atoms with Gasteiger partial charge in [0.15, 0.2) is 5.43 Å². The Hall–Kier alpha value is -2.57. The van der Waals surface area contributed by atoms with Gasteiger partial charge in [0.05, 0.1) is 12.2 Å². The van der Waals surface area contributed by atoms with Crippen LogP contribution in [0, 0.1) is 13.8 Å². The molecular formula is C16H21N3O4. The smallest absolute Gasteiger partial charge is 0.429 e. The standard InChI is InChI=1S/C16H21N3O4/c1-11-14(12(2)23-17-11)10-19(15(21)22-16(3,4)5)18-8-6-13(20)7-9-18/h6-9H,10H2,1-5H3. The average Bonchev–Trinajstić information content (AvgIpc) is 2.75. The van der Waals surface area contributed by atoms with Gasteiger partial charge < -0.3 is 9.26 Å². The van der Waals surface area contributed by atoms with Gasteiger partial charge in [-0.3, -0.25) is 9.47 Å². The summed E-state index contributed by atoms with van der Waals surface area (Å²) >= 11 is 0. The third kappa shape index (κ3) is 4.21. The molecule has 23 heavy (non-hydrogen) atoms. The molecule has 0 N–H and O–H groups in total. The number of rotatable bonds is 3. The van der Waals surface area contributed by atoms with E-state index in [1.54, 1.807) is 27.7 Å². The van der Waals surface area contributed by atoms with Crippen molar-refractivity contribution in [1.29, 1.82) is 0 Å². The lowest BCUT2D eigenvalue weighted by Gasteiger charge is -2.28. The van der Waals surface area contributed by atoms with E-state index >= 15 is 0 Å². The molecule has 0 aromatic carbocycles. The molecule has 0 aliphatic heterocycles. The zero-order valence-corrected chi connectivity index (χ0v) is 14.0. The van der Waals surface area contributed by atoms with Gasteiger partial charge in [0.1, 0.15) is 11.4 Å². The van der Waals surface area contributed by atoms with Gasteiger partial charge in [-0.15, -0.1) is 0 Å². The van der Waals surface area contributed by atoms with Gasteiger partial charge in [-0.2, -0.15) is 0 Å². The molecule has 0 bridgehead atoms. The van der Waals surface area contributed by atoms with Crippen LogP contribution in [0.15, 0.2) is 33.8 Å². The maximum absolute atomic E-state index is 12.5. The van der Waals surface area contributed by atoms with Crippen LogP contribution in [0.4, 0.5) is 4.79 Å². The number of amides is 1. The molecule has 124 valence electrons. The van der Waals surface area contributed by atoms with E-state index in [0.29, 0.717) is 11.5 Å². The van der Waals surface area contributed by atoms with Crippen molar-refractivity contribution >= 4 is 6.09 Å². The summed E-state index contributed by atoms with van der Waals surface area (Å²) in [5.74, 6) is 0.636. The van der Waals surface area contributed by atoms with Gasteiger partial charge in [-0.05, 0) is 34.6 Å². The average molecular weight is 319 g/mol. The summed E-state index contributed by atoms with van der Waals surface area (Å²) in [4.78, 5) is 23.8. The first-order chi connectivity index (χ1) is 10.7. The van der Waals surface area contributed by atoms with Crippen LogP contribution >= 0.6 is 0 Å². The lowest BCUT2D eigenvalue weighted by atomic mass is 10.2. The molecule has 1 amide bonds. The van der Waals surface area contributed by atoms with Gasteiger partial charge in [0.2, 0.25) is 0 Å². The summed E-state index contributed by atoms with van der Waals surface area (Å²) in [6, 6.07) is 2.76. The molecule has 2 aromatic rings. The molecule has 7 nitrogen and oxygen atoms in total. The van der Waals surface area contributed by atoms with E-state index in [0.717, 1.165) is 5.56 Å². The molecule has 0 atom stereocenters. The predicted molar refractivity (Wildman–Crippen MR) is 84.8 cm³/mol. The maximum Gasteiger partial charge on any atom is 0.429 e. The number of carbonyl (C=O) groups excluding carboxylic acids is 1. The van der Waals surface area contributed by atoms with E-state index in [-0.39, 0.29) is 12.0 Å². The first-order valence-electron chi connectivity index (χ1n) is 7.28. The number of hydrogen-bond donors (Lipinski definition) is 0. The van der Waals surface area contributed by atoms with E-state index in [2.05, 4.69) is 5.16 Å². The fourth-order valence-corrected chi connectivity index (χ4v) is 2.00. The van der Waals surface area contributed by atoms with Crippen molar-refractivity contribution in [3.8, 4) is 0 Å². The first-order valence-corrected chi connectivity index (χ1v) is 7.28. The highest BCUT2D eigenvalue weighted by molar-refractivity contribution is 5.79. The molecule has 7 heteroatoms. The van der Waals surface area contributed by atoms with Gasteiger partial charge >= 0.3 is 6.09 Å². The Bertz CT molecular complexity index is 715. The van der Waals surface area contributed by atoms with E-state index in [1.165, 1.54) is 34.2 Å². The van der Waals surface area contributed by atoms with Crippen LogP contribution < -0.4 is 10.4 Å². The molecule has 2 aromatic heterocycles. The topological polar surface area (TPSA) is 77.6 Å². The number of aromatic nitrogens is 2. The predicted octanol–water partition coefficient (Wildman–Crippen LogP) is 2.53. The van der Waals surface area contributed by atoms with Crippen LogP contribution in [-0.4, -0.2) is 21.5 Å². The Balaban J connectivity index is 2.37. The van der Waals surface area contributed by atoms with Crippen molar-refractivity contribution in [2.75, 3.05) is 5.01 Å². The second-order valence-electron chi connectivity index (χ2n) is 6.25. The lowest BCUT2D eigenvalue weighted by Crippen LogP contribution is -2.43. The van der Waals surface area contributed by atoms with Crippen LogP contribution in [0.2, 0.25) is 0 Å². The maximum atomic E-state index is 12.5. The zero-order chi connectivity index (χ0) is 17.2. The zero-order valence-electron chi connectivity index (χ0n) is 14.0. The number of hydrogen-bond acceptors (Lipinski definition) is 5. The number of aryl methyl sites for hydroxylation is 2. The third-order valence-electron chi connectivity index (χ3n) is 3.16. The number of carbonyl (C=O) groups is 1. The Morgan fingerprint density at radius 1 is 1.30 bits per heavy atom. The van der Waals surface area contributed by atoms with Gasteiger partial charge in [0, 0.05) is 30.1 Å². The van der Waals surface area contributed by atoms with Crippen molar-refractivity contribution in [2.45, 2.75) is 46.8 Å². The summed E-state index contributed by atoms with van der Waals surface area (Å²) in [7, 11) is 0. The fourth-order valence-electron chi connectivity index (χ4n) is 2.00. The van der Waals surface area contributed by atoms with Crippen LogP contribution in [-0.2, 0) is 11.3 Å². The molecule has 2 rings (SSSR count). The molecule has 0 saturated carbocycles. The van der Waals surface area contributed by atoms with Crippen LogP contribution in [0.1, 0.15) is 37.8 Å². The van der Waals surface area contributed by atoms with Crippen molar-refractivity contribution in [2.24, 2.45) is 0 Å². The van der Waals surface area contributed by atoms with E-state index in [9.17, 15) is 9.59 Å². The van der Waals surface area contributed by atoms with Crippen molar-refractivity contribution in [3.63, 3.8) is 0 Å². The minimum Gasteiger partial charge on any atom is -0.442 e. The molecule has 0 saturated heterocycles. The second kappa shape index (κ2) is 6.28. The Labute approximate surface area is 134 Å². The Morgan fingerprint density at radius 2 is 1.91 bits per heavy atom. The highest BCUT2D eigenvalue weighted by Crippen LogP contribution is 2.17. The van der Waals surface area contributed by atoms with Gasteiger partial charge in [0.25, 0.3) is 0 Å². The highest BCUT2D eigenvalue weighted by Gasteiger charge is 2.25. The minimum atomic E-state index is -0.632. The lowest BCUT2D eigenvalue weighted by molar-refractivity contribution is 0.0533. The van der Waals surface area contributed by atoms with Gasteiger partial charge in [-0.1, -0.05) is 5.16 Å². The monoisotopic (exact) mass is 319 g/mol. The summed E-state index contributed by atoms with van der Waals surface area (Å²) in [6.07, 6.45) is 2.51. The Kier molecular flexibility index (Phi) is 4.58. The van der Waals surface area contributed by atoms with E-state index in [4.69, 9.17) is 9.26 Å². The number of pyridine rings is 1. The molecule has 0 radical (unpaired) electrons. The molecule has 0 fully saturated rings. The molecule has 0 spiro atoms. The number of nitrogens with zero attached hydrogens (tertiary/aromatic N) is 3. The summed E-state index contributed by atoms with van der Waals surface area (Å²) in [6.45, 7) is 9.21. The minimum absolute atomic E-state index is 0.136. The molecular weight excluding hydrogens is 298 g/mol. The molecule has 0 unspecified atom stereocenters. The molecule has 0 aliphatic rings. The fraction of sp³-hybridized carbons (Fsp3) is 0.438. The van der Waals surface area contributed by atoms with Crippen LogP contribution in [0.25, 0.3) is 0 Å². The summed E-state index contributed by atoms with van der Waals surface area (Å²) in [5, 5.41) is 5.28. The van der Waals surface area contributed by atoms with Crippen molar-refractivity contribution in [1.82, 2.24) is 9.83 Å². The third-order valence-corrected chi connectivity index (χ3v) is 3.16.